The van der Waals surface area contributed by atoms with Crippen LogP contribution in [0.15, 0.2) is 39.9 Å². The van der Waals surface area contributed by atoms with Crippen LogP contribution in [0, 0.1) is 5.92 Å². The average molecular weight is 461 g/mol. The van der Waals surface area contributed by atoms with Gasteiger partial charge in [-0.25, -0.2) is 4.79 Å². The lowest BCUT2D eigenvalue weighted by atomic mass is 9.95. The van der Waals surface area contributed by atoms with Crippen molar-refractivity contribution in [2.45, 2.75) is 51.2 Å². The second kappa shape index (κ2) is 8.85. The highest BCUT2D eigenvalue weighted by Crippen LogP contribution is 2.40. The van der Waals surface area contributed by atoms with Crippen LogP contribution in [0.3, 0.4) is 0 Å². The minimum Gasteiger partial charge on any atom is -0.459 e. The molecule has 32 heavy (non-hydrogen) atoms. The molecule has 3 aromatic rings. The van der Waals surface area contributed by atoms with E-state index >= 15 is 0 Å². The van der Waals surface area contributed by atoms with Gasteiger partial charge in [0.05, 0.1) is 17.8 Å². The molecular weight excluding hydrogens is 436 g/mol. The van der Waals surface area contributed by atoms with E-state index in [4.69, 9.17) is 15.2 Å². The predicted molar refractivity (Wildman–Crippen MR) is 119 cm³/mol. The fourth-order valence-corrected chi connectivity index (χ4v) is 4.82. The van der Waals surface area contributed by atoms with Crippen LogP contribution < -0.4 is 16.2 Å². The first-order chi connectivity index (χ1) is 15.3. The third-order valence-electron chi connectivity index (χ3n) is 5.68. The molecule has 2 unspecified atom stereocenters. The maximum absolute atomic E-state index is 12.8. The molecule has 4 rings (SSSR count). The van der Waals surface area contributed by atoms with Crippen molar-refractivity contribution in [3.63, 3.8) is 0 Å². The number of nitrogens with two attached hydrogens (primary N) is 1. The second-order valence-corrected chi connectivity index (χ2v) is 8.72. The number of anilines is 1. The van der Waals surface area contributed by atoms with E-state index in [0.717, 1.165) is 11.3 Å². The van der Waals surface area contributed by atoms with E-state index in [-0.39, 0.29) is 16.3 Å². The van der Waals surface area contributed by atoms with Gasteiger partial charge in [0.25, 0.3) is 5.56 Å². The van der Waals surface area contributed by atoms with E-state index < -0.39 is 46.9 Å². The van der Waals surface area contributed by atoms with Gasteiger partial charge in [0.15, 0.2) is 5.65 Å². The van der Waals surface area contributed by atoms with Crippen LogP contribution in [0.1, 0.15) is 43.3 Å². The molecule has 1 fully saturated rings. The fraction of sp³-hybridized carbons (Fsp3) is 0.429. The van der Waals surface area contributed by atoms with Crippen molar-refractivity contribution in [2.75, 3.05) is 5.73 Å². The molecule has 1 aliphatic rings. The lowest BCUT2D eigenvalue weighted by Crippen LogP contribution is -2.32. The Morgan fingerprint density at radius 2 is 2.12 bits per heavy atom. The Bertz CT molecular complexity index is 1240. The number of rotatable bonds is 6. The summed E-state index contributed by atoms with van der Waals surface area (Å²) in [6.45, 7) is 3.54. The summed E-state index contributed by atoms with van der Waals surface area (Å²) in [6.07, 6.45) is -2.08. The van der Waals surface area contributed by atoms with E-state index in [1.807, 2.05) is 6.92 Å². The number of aliphatic hydroxyl groups is 1. The van der Waals surface area contributed by atoms with Gasteiger partial charge in [0, 0.05) is 5.92 Å². The molecule has 0 radical (unpaired) electrons. The third kappa shape index (κ3) is 4.06. The molecule has 4 N–H and O–H groups in total. The number of hydrogen-bond donors (Lipinski definition) is 3. The number of aliphatic hydroxyl groups excluding tert-OH is 1. The third-order valence-corrected chi connectivity index (χ3v) is 6.63. The number of carbonyl (C=O) groups excluding carboxylic acids is 1. The molecule has 0 spiro atoms. The Hall–Kier alpha value is -3.02. The van der Waals surface area contributed by atoms with Gasteiger partial charge in [-0.15, -0.1) is 0 Å². The van der Waals surface area contributed by atoms with Crippen molar-refractivity contribution in [2.24, 2.45) is 5.92 Å². The molecular formula is C21H24N4O6S. The average Bonchev–Trinajstić information content (AvgIpc) is 3.34. The highest BCUT2D eigenvalue weighted by atomic mass is 32.1. The van der Waals surface area contributed by atoms with Gasteiger partial charge in [-0.3, -0.25) is 19.1 Å². The van der Waals surface area contributed by atoms with Crippen molar-refractivity contribution >= 4 is 33.6 Å². The van der Waals surface area contributed by atoms with Gasteiger partial charge in [-0.1, -0.05) is 36.5 Å². The summed E-state index contributed by atoms with van der Waals surface area (Å²) < 4.78 is 13.2. The highest BCUT2D eigenvalue weighted by molar-refractivity contribution is 7.16. The topological polar surface area (TPSA) is 150 Å². The zero-order valence-corrected chi connectivity index (χ0v) is 18.4. The van der Waals surface area contributed by atoms with E-state index in [2.05, 4.69) is 9.97 Å². The number of nitrogens with one attached hydrogen (secondary N) is 1. The number of esters is 1. The standard InChI is InChI=1S/C21H24N4O6S/c1-3-13(26)14-9-12(10(2)30-19(28)11-7-5-4-6-8-11)18(31-14)25-16-15(32-21(25)29)17(27)24-20(22)23-16/h4-8,10,12-14,18,26H,3,9H2,1-2H3,(H3,22,23,24,27)/t10?,12-,13?,14-,18+/m0/s1. The molecule has 5 atom stereocenters. The smallest absolute Gasteiger partial charge is 0.338 e. The van der Waals surface area contributed by atoms with E-state index in [1.54, 1.807) is 37.3 Å². The van der Waals surface area contributed by atoms with Crippen LogP contribution in [-0.4, -0.2) is 43.9 Å². The maximum Gasteiger partial charge on any atom is 0.338 e. The van der Waals surface area contributed by atoms with Gasteiger partial charge < -0.3 is 20.3 Å². The number of nitrogens with zero attached hydrogens (tertiary/aromatic N) is 2. The minimum absolute atomic E-state index is 0.101. The molecule has 3 heterocycles. The number of hydrogen-bond acceptors (Lipinski definition) is 9. The number of aromatic amines is 1. The van der Waals surface area contributed by atoms with E-state index in [1.165, 1.54) is 4.57 Å². The second-order valence-electron chi connectivity index (χ2n) is 7.76. The van der Waals surface area contributed by atoms with Crippen LogP contribution in [-0.2, 0) is 9.47 Å². The maximum atomic E-state index is 12.8. The van der Waals surface area contributed by atoms with Gasteiger partial charge in [-0.2, -0.15) is 4.98 Å². The number of nitrogen functional groups attached to an aromatic ring is 1. The molecule has 1 saturated heterocycles. The summed E-state index contributed by atoms with van der Waals surface area (Å²) in [5.41, 5.74) is 5.68. The van der Waals surface area contributed by atoms with Crippen LogP contribution in [0.5, 0.6) is 0 Å². The van der Waals surface area contributed by atoms with Crippen LogP contribution in [0.2, 0.25) is 0 Å². The van der Waals surface area contributed by atoms with Gasteiger partial charge in [-0.05, 0) is 31.9 Å². The van der Waals surface area contributed by atoms with Crippen molar-refractivity contribution < 1.29 is 19.4 Å². The number of fused-ring (bicyclic) bond motifs is 1. The molecule has 0 aliphatic carbocycles. The summed E-state index contributed by atoms with van der Waals surface area (Å²) in [5, 5.41) is 10.4. The first-order valence-corrected chi connectivity index (χ1v) is 11.1. The number of carbonyl (C=O) groups is 1. The van der Waals surface area contributed by atoms with E-state index in [9.17, 15) is 19.5 Å². The number of H-pyrrole nitrogens is 1. The zero-order valence-electron chi connectivity index (χ0n) is 17.6. The Morgan fingerprint density at radius 3 is 2.81 bits per heavy atom. The Labute approximate surface area is 186 Å². The quantitative estimate of drug-likeness (QED) is 0.470. The normalized spacial score (nSPS) is 22.7. The number of benzene rings is 1. The van der Waals surface area contributed by atoms with Crippen molar-refractivity contribution in [1.29, 1.82) is 0 Å². The largest absolute Gasteiger partial charge is 0.459 e. The summed E-state index contributed by atoms with van der Waals surface area (Å²) in [6, 6.07) is 8.57. The number of ether oxygens (including phenoxy) is 2. The molecule has 0 bridgehead atoms. The zero-order chi connectivity index (χ0) is 23.0. The lowest BCUT2D eigenvalue weighted by Gasteiger charge is -2.25. The number of aromatic nitrogens is 3. The first-order valence-electron chi connectivity index (χ1n) is 10.3. The van der Waals surface area contributed by atoms with Gasteiger partial charge in [0.1, 0.15) is 17.0 Å². The van der Waals surface area contributed by atoms with Crippen molar-refractivity contribution in [3.8, 4) is 0 Å². The van der Waals surface area contributed by atoms with Gasteiger partial charge in [0.2, 0.25) is 5.95 Å². The molecule has 1 aromatic carbocycles. The van der Waals surface area contributed by atoms with Crippen LogP contribution >= 0.6 is 11.3 Å². The Kier molecular flexibility index (Phi) is 6.13. The monoisotopic (exact) mass is 460 g/mol. The molecule has 1 aliphatic heterocycles. The highest BCUT2D eigenvalue weighted by Gasteiger charge is 2.44. The molecule has 11 heteroatoms. The van der Waals surface area contributed by atoms with Crippen molar-refractivity contribution in [1.82, 2.24) is 14.5 Å². The molecule has 0 saturated carbocycles. The van der Waals surface area contributed by atoms with Crippen LogP contribution in [0.4, 0.5) is 5.95 Å². The van der Waals surface area contributed by atoms with Crippen molar-refractivity contribution in [3.05, 3.63) is 55.9 Å². The molecule has 10 nitrogen and oxygen atoms in total. The lowest BCUT2D eigenvalue weighted by molar-refractivity contribution is -0.0751. The first kappa shape index (κ1) is 22.2. The molecule has 170 valence electrons. The van der Waals surface area contributed by atoms with Crippen LogP contribution in [0.25, 0.3) is 10.3 Å². The SMILES string of the molecule is CCC(O)[C@@H]1C[C@@H](C(C)OC(=O)c2ccccc2)[C@H](n2c(=O)sc3c(=O)[nH]c(N)nc32)O1. The Balaban J connectivity index is 1.71. The summed E-state index contributed by atoms with van der Waals surface area (Å²) >= 11 is 0.736. The molecule has 2 aromatic heterocycles. The molecule has 0 amide bonds. The minimum atomic E-state index is -0.894. The summed E-state index contributed by atoms with van der Waals surface area (Å²) in [7, 11) is 0. The van der Waals surface area contributed by atoms with Gasteiger partial charge >= 0.3 is 10.8 Å². The fourth-order valence-electron chi connectivity index (χ4n) is 3.98. The van der Waals surface area contributed by atoms with E-state index in [0.29, 0.717) is 18.4 Å². The predicted octanol–water partition coefficient (Wildman–Crippen LogP) is 1.65. The number of thiazole rings is 1. The summed E-state index contributed by atoms with van der Waals surface area (Å²) in [5.74, 6) is -1.10. The Morgan fingerprint density at radius 1 is 1.41 bits per heavy atom. The summed E-state index contributed by atoms with van der Waals surface area (Å²) in [4.78, 5) is 43.8.